The second-order valence-corrected chi connectivity index (χ2v) is 9.60. The second-order valence-electron chi connectivity index (χ2n) is 9.60. The number of methoxy groups -OCH3 is 1. The number of hydrogen-bond donors (Lipinski definition) is 1. The number of H-pyrrole nitrogens is 1. The third kappa shape index (κ3) is 4.85. The van der Waals surface area contributed by atoms with E-state index in [-0.39, 0.29) is 42.9 Å². The molecule has 200 valence electrons. The molecule has 2 amide bonds. The van der Waals surface area contributed by atoms with Crippen molar-refractivity contribution in [3.8, 4) is 17.2 Å². The molecular weight excluding hydrogens is 508 g/mol. The maximum atomic E-state index is 13.8. The number of piperazine rings is 1. The van der Waals surface area contributed by atoms with Gasteiger partial charge in [-0.25, -0.2) is 0 Å². The third-order valence-corrected chi connectivity index (χ3v) is 7.03. The van der Waals surface area contributed by atoms with Crippen LogP contribution < -0.4 is 14.2 Å². The first kappa shape index (κ1) is 24.7. The molecule has 0 saturated carbocycles. The summed E-state index contributed by atoms with van der Waals surface area (Å²) < 4.78 is 42.2. The van der Waals surface area contributed by atoms with Crippen molar-refractivity contribution in [3.05, 3.63) is 89.6 Å². The largest absolute Gasteiger partial charge is 0.586 e. The van der Waals surface area contributed by atoms with Crippen LogP contribution in [0.3, 0.4) is 0 Å². The molecule has 0 unspecified atom stereocenters. The van der Waals surface area contributed by atoms with Gasteiger partial charge in [-0.1, -0.05) is 42.5 Å². The molecular formula is C29H25F2N3O5. The topological polar surface area (TPSA) is 84.1 Å². The number of rotatable bonds is 6. The Morgan fingerprint density at radius 2 is 1.90 bits per heavy atom. The van der Waals surface area contributed by atoms with Crippen LogP contribution in [0.1, 0.15) is 21.6 Å². The molecule has 3 heterocycles. The van der Waals surface area contributed by atoms with Crippen molar-refractivity contribution in [2.24, 2.45) is 0 Å². The predicted octanol–water partition coefficient (Wildman–Crippen LogP) is 4.59. The number of carbonyl (C=O) groups is 2. The number of halogens is 2. The molecule has 1 N–H and O–H groups in total. The highest BCUT2D eigenvalue weighted by atomic mass is 19.3. The van der Waals surface area contributed by atoms with Crippen molar-refractivity contribution in [2.45, 2.75) is 25.3 Å². The van der Waals surface area contributed by atoms with Crippen molar-refractivity contribution in [1.29, 1.82) is 0 Å². The second kappa shape index (κ2) is 9.61. The van der Waals surface area contributed by atoms with Crippen LogP contribution in [-0.4, -0.2) is 59.1 Å². The van der Waals surface area contributed by atoms with E-state index in [0.29, 0.717) is 23.4 Å². The highest BCUT2D eigenvalue weighted by Gasteiger charge is 2.45. The minimum atomic E-state index is -3.76. The van der Waals surface area contributed by atoms with E-state index in [1.54, 1.807) is 36.3 Å². The zero-order valence-electron chi connectivity index (χ0n) is 21.0. The number of aromatic amines is 1. The van der Waals surface area contributed by atoms with Crippen LogP contribution in [-0.2, 0) is 17.8 Å². The Kier molecular flexibility index (Phi) is 6.09. The average Bonchev–Trinajstić information content (AvgIpc) is 3.49. The Balaban J connectivity index is 1.28. The summed E-state index contributed by atoms with van der Waals surface area (Å²) in [6, 6.07) is 21.0. The summed E-state index contributed by atoms with van der Waals surface area (Å²) in [5.41, 5.74) is 2.53. The predicted molar refractivity (Wildman–Crippen MR) is 138 cm³/mol. The zero-order valence-corrected chi connectivity index (χ0v) is 21.0. The lowest BCUT2D eigenvalue weighted by atomic mass is 10.00. The summed E-state index contributed by atoms with van der Waals surface area (Å²) in [4.78, 5) is 33.3. The first-order chi connectivity index (χ1) is 18.8. The highest BCUT2D eigenvalue weighted by Crippen LogP contribution is 2.43. The maximum absolute atomic E-state index is 13.8. The SMILES string of the molecule is COc1ccc2[nH]c(C(=O)N3CC(=O)N(Cc4cccc5c4OC(F)(F)O5)[C@@H](Cc4ccccc4)C3)cc2c1. The van der Waals surface area contributed by atoms with Gasteiger partial charge in [-0.05, 0) is 42.3 Å². The normalized spacial score (nSPS) is 18.0. The van der Waals surface area contributed by atoms with E-state index in [1.807, 2.05) is 42.5 Å². The van der Waals surface area contributed by atoms with Crippen molar-refractivity contribution in [1.82, 2.24) is 14.8 Å². The molecule has 8 nitrogen and oxygen atoms in total. The Labute approximate surface area is 222 Å². The zero-order chi connectivity index (χ0) is 27.1. The molecule has 1 saturated heterocycles. The smallest absolute Gasteiger partial charge is 0.497 e. The third-order valence-electron chi connectivity index (χ3n) is 7.03. The van der Waals surface area contributed by atoms with Gasteiger partial charge < -0.3 is 29.0 Å². The molecule has 2 aliphatic rings. The fraction of sp³-hybridized carbons (Fsp3) is 0.241. The number of fused-ring (bicyclic) bond motifs is 2. The van der Waals surface area contributed by atoms with Gasteiger partial charge in [-0.3, -0.25) is 9.59 Å². The van der Waals surface area contributed by atoms with E-state index in [2.05, 4.69) is 9.72 Å². The fourth-order valence-electron chi connectivity index (χ4n) is 5.16. The quantitative estimate of drug-likeness (QED) is 0.392. The Morgan fingerprint density at radius 3 is 2.69 bits per heavy atom. The van der Waals surface area contributed by atoms with Crippen LogP contribution in [0.5, 0.6) is 17.2 Å². The Bertz CT molecular complexity index is 1560. The van der Waals surface area contributed by atoms with E-state index in [4.69, 9.17) is 9.47 Å². The molecule has 0 spiro atoms. The number of amides is 2. The number of para-hydroxylation sites is 1. The molecule has 4 aromatic rings. The molecule has 0 radical (unpaired) electrons. The van der Waals surface area contributed by atoms with Gasteiger partial charge in [0.1, 0.15) is 18.0 Å². The first-order valence-corrected chi connectivity index (χ1v) is 12.5. The van der Waals surface area contributed by atoms with E-state index >= 15 is 0 Å². The van der Waals surface area contributed by atoms with Gasteiger partial charge in [0.2, 0.25) is 5.91 Å². The Hall–Kier alpha value is -4.60. The number of ether oxygens (including phenoxy) is 3. The lowest BCUT2D eigenvalue weighted by Crippen LogP contribution is -2.58. The maximum Gasteiger partial charge on any atom is 0.586 e. The molecule has 3 aromatic carbocycles. The summed E-state index contributed by atoms with van der Waals surface area (Å²) >= 11 is 0. The molecule has 1 aromatic heterocycles. The van der Waals surface area contributed by atoms with E-state index in [0.717, 1.165) is 16.5 Å². The monoisotopic (exact) mass is 533 g/mol. The lowest BCUT2D eigenvalue weighted by molar-refractivity contribution is -0.287. The summed E-state index contributed by atoms with van der Waals surface area (Å²) in [6.45, 7) is 0.152. The number of alkyl halides is 2. The van der Waals surface area contributed by atoms with Crippen LogP contribution in [0.4, 0.5) is 8.78 Å². The molecule has 1 fully saturated rings. The van der Waals surface area contributed by atoms with Gasteiger partial charge >= 0.3 is 6.29 Å². The number of nitrogens with one attached hydrogen (secondary N) is 1. The lowest BCUT2D eigenvalue weighted by Gasteiger charge is -2.41. The van der Waals surface area contributed by atoms with E-state index in [1.165, 1.54) is 11.0 Å². The average molecular weight is 534 g/mol. The van der Waals surface area contributed by atoms with Gasteiger partial charge in [0.25, 0.3) is 5.91 Å². The summed E-state index contributed by atoms with van der Waals surface area (Å²) in [5, 5.41) is 0.820. The molecule has 2 aliphatic heterocycles. The minimum Gasteiger partial charge on any atom is -0.497 e. The molecule has 6 rings (SSSR count). The summed E-state index contributed by atoms with van der Waals surface area (Å²) in [6.07, 6.45) is -3.29. The van der Waals surface area contributed by atoms with Crippen molar-refractivity contribution >= 4 is 22.7 Å². The van der Waals surface area contributed by atoms with Gasteiger partial charge in [-0.2, -0.15) is 0 Å². The molecule has 0 aliphatic carbocycles. The van der Waals surface area contributed by atoms with Gasteiger partial charge in [-0.15, -0.1) is 8.78 Å². The standard InChI is InChI=1S/C29H25F2N3O5/c1-37-22-10-11-23-20(13-22)14-24(32-23)28(36)33-16-21(12-18-6-3-2-4-7-18)34(26(35)17-33)15-19-8-5-9-25-27(19)39-29(30,31)38-25/h2-11,13-14,21,32H,12,15-17H2,1H3/t21-/m0/s1. The highest BCUT2D eigenvalue weighted by molar-refractivity contribution is 6.00. The molecule has 10 heteroatoms. The van der Waals surface area contributed by atoms with Crippen molar-refractivity contribution < 1.29 is 32.6 Å². The van der Waals surface area contributed by atoms with Crippen LogP contribution in [0.15, 0.2) is 72.8 Å². The van der Waals surface area contributed by atoms with Crippen molar-refractivity contribution in [3.63, 3.8) is 0 Å². The minimum absolute atomic E-state index is 0.0349. The number of benzene rings is 3. The number of aromatic nitrogens is 1. The van der Waals surface area contributed by atoms with Crippen LogP contribution >= 0.6 is 0 Å². The van der Waals surface area contributed by atoms with Gasteiger partial charge in [0.05, 0.1) is 13.2 Å². The van der Waals surface area contributed by atoms with Gasteiger partial charge in [0, 0.05) is 29.6 Å². The van der Waals surface area contributed by atoms with Crippen LogP contribution in [0, 0.1) is 0 Å². The van der Waals surface area contributed by atoms with Crippen molar-refractivity contribution in [2.75, 3.05) is 20.2 Å². The fourth-order valence-corrected chi connectivity index (χ4v) is 5.16. The number of hydrogen-bond acceptors (Lipinski definition) is 5. The molecule has 1 atom stereocenters. The molecule has 0 bridgehead atoms. The van der Waals surface area contributed by atoms with Crippen LogP contribution in [0.2, 0.25) is 0 Å². The van der Waals surface area contributed by atoms with E-state index < -0.39 is 12.3 Å². The number of nitrogens with zero attached hydrogens (tertiary/aromatic N) is 2. The summed E-state index contributed by atoms with van der Waals surface area (Å²) in [7, 11) is 1.58. The van der Waals surface area contributed by atoms with E-state index in [9.17, 15) is 18.4 Å². The van der Waals surface area contributed by atoms with Gasteiger partial charge in [0.15, 0.2) is 11.5 Å². The number of carbonyl (C=O) groups excluding carboxylic acids is 2. The first-order valence-electron chi connectivity index (χ1n) is 12.5. The summed E-state index contributed by atoms with van der Waals surface area (Å²) in [5.74, 6) is -0.0777. The molecule has 39 heavy (non-hydrogen) atoms. The Morgan fingerprint density at radius 1 is 1.08 bits per heavy atom. The van der Waals surface area contributed by atoms with Crippen LogP contribution in [0.25, 0.3) is 10.9 Å².